The number of hydrogen-bond acceptors (Lipinski definition) is 24. The third-order valence-corrected chi connectivity index (χ3v) is 25.7. The molecule has 1 saturated carbocycles. The van der Waals surface area contributed by atoms with Crippen molar-refractivity contribution in [1.29, 1.82) is 0 Å². The number of carbonyl (C=O) groups is 4. The lowest BCUT2D eigenvalue weighted by atomic mass is 9.84. The minimum atomic E-state index is -5.81. The van der Waals surface area contributed by atoms with Gasteiger partial charge in [0.25, 0.3) is 0 Å². The summed E-state index contributed by atoms with van der Waals surface area (Å²) in [6, 6.07) is 0. The summed E-state index contributed by atoms with van der Waals surface area (Å²) in [5, 5.41) is 103. The van der Waals surface area contributed by atoms with Gasteiger partial charge in [0.15, 0.2) is 24.8 Å². The van der Waals surface area contributed by atoms with Gasteiger partial charge in [-0.05, 0) is 57.3 Å². The maximum atomic E-state index is 15.0. The molecule has 0 radical (unpaired) electrons. The van der Waals surface area contributed by atoms with Crippen molar-refractivity contribution in [2.45, 2.75) is 543 Å². The van der Waals surface area contributed by atoms with Crippen molar-refractivity contribution in [1.82, 2.24) is 0 Å². The van der Waals surface area contributed by atoms with Gasteiger partial charge in [0.2, 0.25) is 0 Å². The number of rotatable bonds is 81. The highest BCUT2D eigenvalue weighted by molar-refractivity contribution is 7.47. The highest BCUT2D eigenvalue weighted by atomic mass is 31.2. The second kappa shape index (κ2) is 73.9. The summed E-state index contributed by atoms with van der Waals surface area (Å²) in [5.74, 6) is -2.26. The molecule has 3 rings (SSSR count). The van der Waals surface area contributed by atoms with Gasteiger partial charge in [-0.2, -0.15) is 0 Å². The number of hydrogen-bond donors (Lipinski definition) is 10. The zero-order chi connectivity index (χ0) is 89.1. The van der Waals surface area contributed by atoms with Crippen LogP contribution in [0, 0.1) is 5.92 Å². The molecule has 19 unspecified atom stereocenters. The number of unbranched alkanes of at least 4 members (excludes halogenated alkanes) is 51. The molecule has 3 aliphatic rings. The maximum absolute atomic E-state index is 15.0. The molecule has 2 heterocycles. The van der Waals surface area contributed by atoms with Gasteiger partial charge in [0.05, 0.1) is 13.2 Å². The molecule has 0 aromatic rings. The fraction of sp³-hybridized carbons (Fsp3) is 0.938. The summed E-state index contributed by atoms with van der Waals surface area (Å²) in [6.07, 6.45) is 33.1. The summed E-state index contributed by atoms with van der Waals surface area (Å²) in [4.78, 5) is 66.7. The average molecular weight is 1760 g/mol. The van der Waals surface area contributed by atoms with Crippen molar-refractivity contribution in [3.8, 4) is 0 Å². The zero-order valence-corrected chi connectivity index (χ0v) is 77.9. The molecule has 26 heteroatoms. The molecule has 122 heavy (non-hydrogen) atoms. The largest absolute Gasteiger partial charge is 0.472 e. The van der Waals surface area contributed by atoms with Crippen molar-refractivity contribution in [2.75, 3.05) is 26.4 Å². The molecule has 3 fully saturated rings. The van der Waals surface area contributed by atoms with Crippen molar-refractivity contribution in [3.63, 3.8) is 0 Å². The van der Waals surface area contributed by atoms with Gasteiger partial charge in [-0.15, -0.1) is 0 Å². The van der Waals surface area contributed by atoms with Gasteiger partial charge in [0, 0.05) is 25.7 Å². The first-order valence-corrected chi connectivity index (χ1v) is 51.3. The second-order valence-electron chi connectivity index (χ2n) is 35.9. The minimum Gasteiger partial charge on any atom is -0.463 e. The lowest BCUT2D eigenvalue weighted by Crippen LogP contribution is -2.70. The van der Waals surface area contributed by atoms with E-state index in [1.54, 1.807) is 0 Å². The number of allylic oxidation sites excluding steroid dienone is 2. The third kappa shape index (κ3) is 53.4. The molecule has 718 valence electrons. The number of esters is 4. The number of ether oxygens (including phenoxy) is 8. The summed E-state index contributed by atoms with van der Waals surface area (Å²) in [6.45, 7) is 7.98. The van der Waals surface area contributed by atoms with E-state index in [0.29, 0.717) is 38.0 Å². The zero-order valence-electron chi connectivity index (χ0n) is 77.0. The summed E-state index contributed by atoms with van der Waals surface area (Å²) < 4.78 is 73.7. The Hall–Kier alpha value is -2.79. The van der Waals surface area contributed by atoms with E-state index in [-0.39, 0.29) is 25.7 Å². The highest BCUT2D eigenvalue weighted by Gasteiger charge is 2.60. The van der Waals surface area contributed by atoms with E-state index in [1.807, 2.05) is 0 Å². The van der Waals surface area contributed by atoms with E-state index in [0.717, 1.165) is 148 Å². The summed E-state index contributed by atoms with van der Waals surface area (Å²) in [5.41, 5.74) is 0. The smallest absolute Gasteiger partial charge is 0.463 e. The quantitative estimate of drug-likeness (QED) is 0.00889. The Morgan fingerprint density at radius 3 is 1.07 bits per heavy atom. The fourth-order valence-corrected chi connectivity index (χ4v) is 17.6. The SMILES string of the molecule is CCCCCC/C=C\CCCCCCCCCC(=O)OCC1OC(OC2C(OC(=O)CCCCCCCCCCCCCCCCCC)C(O)C(O)C(OC3OC(CO)C(O)C(O)C3O)C2OP(=O)(O)OCC(COC(=O)CCCCCCCCC(C)CCCCCCCC)OC(=O)CCCCCCCCCCCCCCCCCC)C(O)C(O)C1O. The number of aliphatic hydroxyl groups excluding tert-OH is 9. The van der Waals surface area contributed by atoms with Crippen molar-refractivity contribution >= 4 is 31.7 Å². The van der Waals surface area contributed by atoms with Crippen LogP contribution in [0.15, 0.2) is 12.2 Å². The van der Waals surface area contributed by atoms with Gasteiger partial charge < -0.3 is 88.7 Å². The minimum absolute atomic E-state index is 0.0109. The van der Waals surface area contributed by atoms with Crippen LogP contribution in [0.2, 0.25) is 0 Å². The molecule has 25 nitrogen and oxygen atoms in total. The first-order valence-electron chi connectivity index (χ1n) is 49.8. The molecule has 2 aliphatic heterocycles. The number of aliphatic hydroxyl groups is 9. The van der Waals surface area contributed by atoms with Crippen LogP contribution < -0.4 is 0 Å². The number of phosphoric ester groups is 1. The van der Waals surface area contributed by atoms with Gasteiger partial charge in [0.1, 0.15) is 92.6 Å². The molecule has 0 amide bonds. The van der Waals surface area contributed by atoms with E-state index in [4.69, 9.17) is 46.9 Å². The van der Waals surface area contributed by atoms with Crippen LogP contribution in [0.5, 0.6) is 0 Å². The van der Waals surface area contributed by atoms with Crippen LogP contribution in [-0.2, 0) is 70.7 Å². The standard InChI is InChI=1S/C96H179O25P/c1-6-10-14-18-22-25-28-31-34-37-40-43-46-49-57-63-69-81(100)115-76(72-112-79(98)67-61-56-52-51-54-60-66-75(5)65-59-53-21-17-13-9-4)73-114-122(110,111)121-94-92(119-95-89(108)85(104)83(102)77(71-97)116-95)88(107)87(106)91(118-82(101)70-64-58-50-47-44-41-38-35-32-29-26-23-19-15-11-7-2)93(94)120-96-90(109)86(105)84(103)78(117-96)74-113-80(99)68-62-55-48-45-42-39-36-33-30-27-24-20-16-12-8-3/h27,30,75-78,83-97,102-109H,6-26,28-29,31-74H2,1-5H3,(H,110,111)/b30-27-. The second-order valence-corrected chi connectivity index (χ2v) is 37.3. The van der Waals surface area contributed by atoms with E-state index in [9.17, 15) is 74.6 Å². The van der Waals surface area contributed by atoms with Crippen LogP contribution in [-0.4, -0.2) is 205 Å². The van der Waals surface area contributed by atoms with Gasteiger partial charge in [-0.25, -0.2) is 4.57 Å². The van der Waals surface area contributed by atoms with Gasteiger partial charge in [-0.3, -0.25) is 28.2 Å². The average Bonchev–Trinajstić information content (AvgIpc) is 0.754. The normalized spacial score (nSPS) is 24.8. The Balaban J connectivity index is 1.90. The first-order chi connectivity index (χ1) is 59.1. The Kier molecular flexibility index (Phi) is 68.7. The predicted octanol–water partition coefficient (Wildman–Crippen LogP) is 19.4. The van der Waals surface area contributed by atoms with Crippen LogP contribution in [0.3, 0.4) is 0 Å². The number of carbonyl (C=O) groups excluding carboxylic acids is 4. The van der Waals surface area contributed by atoms with Crippen molar-refractivity contribution in [2.24, 2.45) is 5.92 Å². The van der Waals surface area contributed by atoms with Crippen LogP contribution in [0.25, 0.3) is 0 Å². The molecule has 1 aliphatic carbocycles. The molecule has 0 bridgehead atoms. The van der Waals surface area contributed by atoms with Crippen molar-refractivity contribution in [3.05, 3.63) is 12.2 Å². The molecule has 0 aromatic carbocycles. The van der Waals surface area contributed by atoms with Gasteiger partial charge in [-0.1, -0.05) is 374 Å². The molecule has 10 N–H and O–H groups in total. The topological polar surface area (TPSA) is 380 Å². The Morgan fingerprint density at radius 1 is 0.344 bits per heavy atom. The molecular formula is C96H179O25P. The maximum Gasteiger partial charge on any atom is 0.472 e. The Labute approximate surface area is 737 Å². The van der Waals surface area contributed by atoms with E-state index in [1.165, 1.54) is 199 Å². The van der Waals surface area contributed by atoms with Gasteiger partial charge >= 0.3 is 31.7 Å². The third-order valence-electron chi connectivity index (χ3n) is 24.7. The Morgan fingerprint density at radius 2 is 0.664 bits per heavy atom. The first kappa shape index (κ1) is 113. The van der Waals surface area contributed by atoms with Crippen LogP contribution >= 0.6 is 7.82 Å². The molecule has 0 aromatic heterocycles. The van der Waals surface area contributed by atoms with Crippen LogP contribution in [0.4, 0.5) is 0 Å². The lowest BCUT2D eigenvalue weighted by molar-refractivity contribution is -0.360. The van der Waals surface area contributed by atoms with E-state index >= 15 is 0 Å². The monoisotopic (exact) mass is 1760 g/mol. The molecular weight excluding hydrogens is 1580 g/mol. The molecule has 19 atom stereocenters. The molecule has 2 saturated heterocycles. The molecule has 0 spiro atoms. The van der Waals surface area contributed by atoms with Crippen molar-refractivity contribution < 1.29 is 122 Å². The predicted molar refractivity (Wildman–Crippen MR) is 476 cm³/mol. The van der Waals surface area contributed by atoms with Crippen LogP contribution in [0.1, 0.15) is 439 Å². The summed E-state index contributed by atoms with van der Waals surface area (Å²) in [7, 11) is -5.81. The van der Waals surface area contributed by atoms with E-state index in [2.05, 4.69) is 46.8 Å². The number of phosphoric acid groups is 1. The lowest BCUT2D eigenvalue weighted by Gasteiger charge is -2.50. The van der Waals surface area contributed by atoms with E-state index < -0.39 is 162 Å². The fourth-order valence-electron chi connectivity index (χ4n) is 16.7. The highest BCUT2D eigenvalue weighted by Crippen LogP contribution is 2.49. The Bertz CT molecular complexity index is 2590. The summed E-state index contributed by atoms with van der Waals surface area (Å²) >= 11 is 0.